The largest absolute Gasteiger partial charge is 0.497 e. The molecular formula is C17H17NO4. The van der Waals surface area contributed by atoms with Crippen LogP contribution < -0.4 is 14.4 Å². The normalized spacial score (nSPS) is 13.1. The highest BCUT2D eigenvalue weighted by atomic mass is 16.5. The van der Waals surface area contributed by atoms with Crippen molar-refractivity contribution in [2.24, 2.45) is 0 Å². The van der Waals surface area contributed by atoms with E-state index in [9.17, 15) is 4.79 Å². The van der Waals surface area contributed by atoms with Gasteiger partial charge in [0.05, 0.1) is 32.0 Å². The average Bonchev–Trinajstić information content (AvgIpc) is 2.60. The van der Waals surface area contributed by atoms with Crippen molar-refractivity contribution in [2.75, 3.05) is 32.3 Å². The van der Waals surface area contributed by atoms with Crippen LogP contribution in [0.5, 0.6) is 11.5 Å². The molecule has 1 heterocycles. The van der Waals surface area contributed by atoms with Gasteiger partial charge in [0, 0.05) is 5.69 Å². The molecule has 0 bridgehead atoms. The molecule has 0 saturated heterocycles. The molecule has 0 saturated carbocycles. The van der Waals surface area contributed by atoms with Gasteiger partial charge in [-0.1, -0.05) is 0 Å². The van der Waals surface area contributed by atoms with Crippen LogP contribution in [0.4, 0.5) is 11.4 Å². The molecule has 114 valence electrons. The summed E-state index contributed by atoms with van der Waals surface area (Å²) in [6, 6.07) is 13.1. The molecule has 5 heteroatoms. The molecule has 0 radical (unpaired) electrons. The standard InChI is InChI=1S/C17H17NO4/c1-20-14-6-4-13(5-7-14)18-9-10-22-16-8-3-12(11-15(16)18)17(19)21-2/h3-8,11H,9-10H2,1-2H3. The van der Waals surface area contributed by atoms with Crippen LogP contribution in [0.3, 0.4) is 0 Å². The molecule has 2 aromatic rings. The Hall–Kier alpha value is -2.69. The van der Waals surface area contributed by atoms with E-state index in [4.69, 9.17) is 14.2 Å². The van der Waals surface area contributed by atoms with Crippen LogP contribution in [0.2, 0.25) is 0 Å². The number of hydrogen-bond donors (Lipinski definition) is 0. The van der Waals surface area contributed by atoms with E-state index >= 15 is 0 Å². The number of carbonyl (C=O) groups is 1. The van der Waals surface area contributed by atoms with Gasteiger partial charge in [0.1, 0.15) is 18.1 Å². The predicted molar refractivity (Wildman–Crippen MR) is 83.3 cm³/mol. The summed E-state index contributed by atoms with van der Waals surface area (Å²) >= 11 is 0. The van der Waals surface area contributed by atoms with E-state index in [1.165, 1.54) is 7.11 Å². The average molecular weight is 299 g/mol. The Labute approximate surface area is 129 Å². The van der Waals surface area contributed by atoms with Crippen LogP contribution in [0.15, 0.2) is 42.5 Å². The molecule has 22 heavy (non-hydrogen) atoms. The summed E-state index contributed by atoms with van der Waals surface area (Å²) in [5, 5.41) is 0. The van der Waals surface area contributed by atoms with E-state index in [1.807, 2.05) is 24.3 Å². The van der Waals surface area contributed by atoms with Crippen LogP contribution in [-0.2, 0) is 4.74 Å². The number of carbonyl (C=O) groups excluding carboxylic acids is 1. The van der Waals surface area contributed by atoms with Crippen molar-refractivity contribution in [2.45, 2.75) is 0 Å². The minimum Gasteiger partial charge on any atom is -0.497 e. The summed E-state index contributed by atoms with van der Waals surface area (Å²) in [7, 11) is 3.02. The van der Waals surface area contributed by atoms with Crippen LogP contribution in [0.1, 0.15) is 10.4 Å². The molecule has 0 atom stereocenters. The SMILES string of the molecule is COC(=O)c1ccc2c(c1)N(c1ccc(OC)cc1)CCO2. The lowest BCUT2D eigenvalue weighted by Crippen LogP contribution is -2.28. The Morgan fingerprint density at radius 2 is 1.91 bits per heavy atom. The first kappa shape index (κ1) is 14.3. The summed E-state index contributed by atoms with van der Waals surface area (Å²) in [6.45, 7) is 1.31. The first-order valence-corrected chi connectivity index (χ1v) is 6.99. The highest BCUT2D eigenvalue weighted by Crippen LogP contribution is 2.37. The maximum Gasteiger partial charge on any atom is 0.337 e. The lowest BCUT2D eigenvalue weighted by Gasteiger charge is -2.31. The fraction of sp³-hybridized carbons (Fsp3) is 0.235. The summed E-state index contributed by atoms with van der Waals surface area (Å²) in [4.78, 5) is 13.8. The molecular weight excluding hydrogens is 282 g/mol. The second-order valence-electron chi connectivity index (χ2n) is 4.87. The van der Waals surface area contributed by atoms with Gasteiger partial charge in [-0.05, 0) is 42.5 Å². The molecule has 1 aliphatic rings. The second kappa shape index (κ2) is 5.97. The highest BCUT2D eigenvalue weighted by Gasteiger charge is 2.21. The van der Waals surface area contributed by atoms with E-state index in [0.717, 1.165) is 22.9 Å². The minimum atomic E-state index is -0.358. The number of nitrogens with zero attached hydrogens (tertiary/aromatic N) is 1. The third-order valence-corrected chi connectivity index (χ3v) is 3.63. The molecule has 0 aliphatic carbocycles. The third kappa shape index (κ3) is 2.57. The first-order valence-electron chi connectivity index (χ1n) is 6.99. The monoisotopic (exact) mass is 299 g/mol. The number of hydrogen-bond acceptors (Lipinski definition) is 5. The van der Waals surface area contributed by atoms with E-state index in [2.05, 4.69) is 4.90 Å². The van der Waals surface area contributed by atoms with E-state index in [1.54, 1.807) is 25.3 Å². The Morgan fingerprint density at radius 1 is 1.14 bits per heavy atom. The summed E-state index contributed by atoms with van der Waals surface area (Å²) in [5.74, 6) is 1.21. The fourth-order valence-corrected chi connectivity index (χ4v) is 2.49. The highest BCUT2D eigenvalue weighted by molar-refractivity contribution is 5.91. The lowest BCUT2D eigenvalue weighted by molar-refractivity contribution is 0.0600. The molecule has 0 fully saturated rings. The van der Waals surface area contributed by atoms with Crippen LogP contribution >= 0.6 is 0 Å². The molecule has 1 aliphatic heterocycles. The number of fused-ring (bicyclic) bond motifs is 1. The fourth-order valence-electron chi connectivity index (χ4n) is 2.49. The number of esters is 1. The van der Waals surface area contributed by atoms with Crippen LogP contribution in [0, 0.1) is 0 Å². The van der Waals surface area contributed by atoms with Crippen molar-refractivity contribution >= 4 is 17.3 Å². The molecule has 0 amide bonds. The summed E-state index contributed by atoms with van der Waals surface area (Å²) in [5.41, 5.74) is 2.39. The van der Waals surface area contributed by atoms with Gasteiger partial charge in [-0.25, -0.2) is 4.79 Å². The van der Waals surface area contributed by atoms with Gasteiger partial charge in [0.25, 0.3) is 0 Å². The molecule has 0 N–H and O–H groups in total. The van der Waals surface area contributed by atoms with Gasteiger partial charge in [0.15, 0.2) is 0 Å². The van der Waals surface area contributed by atoms with Crippen LogP contribution in [0.25, 0.3) is 0 Å². The smallest absolute Gasteiger partial charge is 0.337 e. The van der Waals surface area contributed by atoms with Gasteiger partial charge in [-0.3, -0.25) is 0 Å². The topological polar surface area (TPSA) is 48.0 Å². The van der Waals surface area contributed by atoms with Crippen molar-refractivity contribution in [1.29, 1.82) is 0 Å². The van der Waals surface area contributed by atoms with Crippen LogP contribution in [-0.4, -0.2) is 33.3 Å². The second-order valence-corrected chi connectivity index (χ2v) is 4.87. The number of anilines is 2. The van der Waals surface area contributed by atoms with Gasteiger partial charge in [-0.15, -0.1) is 0 Å². The molecule has 0 unspecified atom stereocenters. The van der Waals surface area contributed by atoms with Crippen molar-refractivity contribution in [3.05, 3.63) is 48.0 Å². The first-order chi connectivity index (χ1) is 10.7. The Bertz CT molecular complexity index is 682. The summed E-state index contributed by atoms with van der Waals surface area (Å²) in [6.07, 6.45) is 0. The van der Waals surface area contributed by atoms with Gasteiger partial charge < -0.3 is 19.1 Å². The molecule has 3 rings (SSSR count). The van der Waals surface area contributed by atoms with Crippen molar-refractivity contribution in [3.63, 3.8) is 0 Å². The Kier molecular flexibility index (Phi) is 3.87. The molecule has 2 aromatic carbocycles. The number of rotatable bonds is 3. The van der Waals surface area contributed by atoms with Crippen molar-refractivity contribution in [3.8, 4) is 11.5 Å². The zero-order valence-electron chi connectivity index (χ0n) is 12.5. The Balaban J connectivity index is 1.99. The number of ether oxygens (including phenoxy) is 3. The van der Waals surface area contributed by atoms with E-state index < -0.39 is 0 Å². The van der Waals surface area contributed by atoms with E-state index in [-0.39, 0.29) is 5.97 Å². The molecule has 0 aromatic heterocycles. The Morgan fingerprint density at radius 3 is 2.59 bits per heavy atom. The zero-order chi connectivity index (χ0) is 15.5. The lowest BCUT2D eigenvalue weighted by atomic mass is 10.1. The summed E-state index contributed by atoms with van der Waals surface area (Å²) < 4.78 is 15.6. The minimum absolute atomic E-state index is 0.358. The van der Waals surface area contributed by atoms with E-state index in [0.29, 0.717) is 18.7 Å². The number of methoxy groups -OCH3 is 2. The zero-order valence-corrected chi connectivity index (χ0v) is 12.5. The van der Waals surface area contributed by atoms with Gasteiger partial charge in [-0.2, -0.15) is 0 Å². The van der Waals surface area contributed by atoms with Crippen molar-refractivity contribution in [1.82, 2.24) is 0 Å². The quantitative estimate of drug-likeness (QED) is 0.815. The molecule has 0 spiro atoms. The van der Waals surface area contributed by atoms with Gasteiger partial charge in [0.2, 0.25) is 0 Å². The predicted octanol–water partition coefficient (Wildman–Crippen LogP) is 3.01. The third-order valence-electron chi connectivity index (χ3n) is 3.63. The van der Waals surface area contributed by atoms with Gasteiger partial charge >= 0.3 is 5.97 Å². The maximum atomic E-state index is 11.7. The van der Waals surface area contributed by atoms with Crippen molar-refractivity contribution < 1.29 is 19.0 Å². The molecule has 5 nitrogen and oxygen atoms in total. The number of benzene rings is 2. The maximum absolute atomic E-state index is 11.7.